The largest absolute Gasteiger partial charge is 0.497 e. The number of benzene rings is 2. The van der Waals surface area contributed by atoms with Gasteiger partial charge in [0.15, 0.2) is 0 Å². The van der Waals surface area contributed by atoms with Crippen molar-refractivity contribution >= 4 is 37.7 Å². The highest BCUT2D eigenvalue weighted by atomic mass is 32.2. The van der Waals surface area contributed by atoms with Gasteiger partial charge in [-0.2, -0.15) is 0 Å². The lowest BCUT2D eigenvalue weighted by Gasteiger charge is -2.19. The van der Waals surface area contributed by atoms with E-state index < -0.39 is 19.9 Å². The third-order valence-electron chi connectivity index (χ3n) is 2.84. The summed E-state index contributed by atoms with van der Waals surface area (Å²) in [5.74, 6) is 0.663. The van der Waals surface area contributed by atoms with Crippen molar-refractivity contribution in [2.24, 2.45) is 0 Å². The van der Waals surface area contributed by atoms with Crippen LogP contribution in [0.2, 0.25) is 0 Å². The maximum atomic E-state index is 11.3. The fraction of sp³-hybridized carbons (Fsp3) is 0.167. The highest BCUT2D eigenvalue weighted by molar-refractivity contribution is 8.12. The van der Waals surface area contributed by atoms with E-state index in [-0.39, 0.29) is 0 Å². The molecule has 2 aromatic carbocycles. The van der Waals surface area contributed by atoms with Crippen molar-refractivity contribution < 1.29 is 33.4 Å². The molecule has 0 amide bonds. The minimum atomic E-state index is -4.96. The summed E-state index contributed by atoms with van der Waals surface area (Å²) in [5, 5.41) is 1.61. The van der Waals surface area contributed by atoms with Crippen molar-refractivity contribution in [3.63, 3.8) is 0 Å². The summed E-state index contributed by atoms with van der Waals surface area (Å²) in [6, 6.07) is 10.1. The number of ether oxygens (including phenoxy) is 1. The Balaban J connectivity index is 2.38. The number of fused-ring (bicyclic) bond motifs is 1. The predicted octanol–water partition coefficient (Wildman–Crippen LogP) is 2.58. The number of thioether (sulfide) groups is 1. The number of methoxy groups -OCH3 is 1. The van der Waals surface area contributed by atoms with Gasteiger partial charge in [-0.05, 0) is 35.0 Å². The topological polar surface area (TPSA) is 124 Å². The summed E-state index contributed by atoms with van der Waals surface area (Å²) in [6.45, 7) is 0. The first-order chi connectivity index (χ1) is 10.1. The molecule has 0 spiro atoms. The molecule has 0 saturated carbocycles. The van der Waals surface area contributed by atoms with Gasteiger partial charge in [-0.3, -0.25) is 9.13 Å². The van der Waals surface area contributed by atoms with Gasteiger partial charge in [0.25, 0.3) is 0 Å². The van der Waals surface area contributed by atoms with E-state index in [0.29, 0.717) is 22.4 Å². The van der Waals surface area contributed by atoms with Crippen molar-refractivity contribution in [2.75, 3.05) is 7.11 Å². The van der Waals surface area contributed by atoms with Gasteiger partial charge in [0.2, 0.25) is 4.73 Å². The van der Waals surface area contributed by atoms with Crippen molar-refractivity contribution in [1.82, 2.24) is 0 Å². The molecule has 7 nitrogen and oxygen atoms in total. The van der Waals surface area contributed by atoms with Gasteiger partial charge in [0, 0.05) is 4.90 Å². The van der Waals surface area contributed by atoms with E-state index in [0.717, 1.165) is 10.8 Å². The number of rotatable bonds is 5. The molecule has 0 aliphatic rings. The Hall–Kier alpha value is -0.850. The van der Waals surface area contributed by atoms with Crippen molar-refractivity contribution in [3.05, 3.63) is 36.4 Å². The average Bonchev–Trinajstić information content (AvgIpc) is 2.41. The minimum Gasteiger partial charge on any atom is -0.497 e. The van der Waals surface area contributed by atoms with Gasteiger partial charge >= 0.3 is 15.2 Å². The molecule has 0 aliphatic carbocycles. The van der Waals surface area contributed by atoms with Crippen LogP contribution in [0.25, 0.3) is 10.8 Å². The van der Waals surface area contributed by atoms with Crippen molar-refractivity contribution in [1.29, 1.82) is 0 Å². The van der Waals surface area contributed by atoms with Crippen LogP contribution in [0.3, 0.4) is 0 Å². The molecule has 0 fully saturated rings. The van der Waals surface area contributed by atoms with Crippen LogP contribution in [0.4, 0.5) is 0 Å². The number of hydrogen-bond donors (Lipinski definition) is 4. The maximum Gasteiger partial charge on any atom is 0.351 e. The zero-order chi connectivity index (χ0) is 16.5. The van der Waals surface area contributed by atoms with Crippen LogP contribution in [0, 0.1) is 0 Å². The van der Waals surface area contributed by atoms with Gasteiger partial charge in [0.1, 0.15) is 5.75 Å². The Bertz CT molecular complexity index is 760. The lowest BCUT2D eigenvalue weighted by Crippen LogP contribution is -2.04. The monoisotopic (exact) mass is 364 g/mol. The molecule has 0 unspecified atom stereocenters. The molecule has 22 heavy (non-hydrogen) atoms. The Morgan fingerprint density at radius 1 is 0.955 bits per heavy atom. The smallest absolute Gasteiger partial charge is 0.351 e. The second-order valence-electron chi connectivity index (χ2n) is 4.50. The second kappa shape index (κ2) is 6.34. The summed E-state index contributed by atoms with van der Waals surface area (Å²) in [6.07, 6.45) is 0. The molecule has 0 heterocycles. The zero-order valence-electron chi connectivity index (χ0n) is 11.4. The minimum absolute atomic E-state index is 0.356. The van der Waals surface area contributed by atoms with E-state index in [2.05, 4.69) is 0 Å². The molecule has 0 radical (unpaired) electrons. The summed E-state index contributed by atoms with van der Waals surface area (Å²) in [4.78, 5) is 36.9. The first-order valence-corrected chi connectivity index (χ1v) is 10.2. The maximum absolute atomic E-state index is 11.3. The van der Waals surface area contributed by atoms with Gasteiger partial charge in [-0.1, -0.05) is 23.9 Å². The molecule has 0 saturated heterocycles. The third-order valence-corrected chi connectivity index (χ3v) is 8.81. The molecular weight excluding hydrogens is 350 g/mol. The Morgan fingerprint density at radius 2 is 1.50 bits per heavy atom. The lowest BCUT2D eigenvalue weighted by molar-refractivity contribution is 0.352. The Labute approximate surface area is 130 Å². The second-order valence-corrected chi connectivity index (χ2v) is 10.2. The van der Waals surface area contributed by atoms with Crippen LogP contribution in [0.1, 0.15) is 0 Å². The molecule has 0 aromatic heterocycles. The fourth-order valence-corrected chi connectivity index (χ4v) is 5.84. The summed E-state index contributed by atoms with van der Waals surface area (Å²) in [7, 11) is -8.37. The molecule has 2 rings (SSSR count). The van der Waals surface area contributed by atoms with E-state index in [9.17, 15) is 9.13 Å². The predicted molar refractivity (Wildman–Crippen MR) is 84.2 cm³/mol. The Morgan fingerprint density at radius 3 is 2.05 bits per heavy atom. The standard InChI is InChI=1S/C12H14O7P2S/c1-19-10-4-2-9-7-11(5-3-8(9)6-10)22-12(20(13,14)15)21(16,17)18/h2-7,12H,1H3,(H2,13,14,15)(H2,16,17,18). The summed E-state index contributed by atoms with van der Waals surface area (Å²) < 4.78 is 25.6. The molecule has 0 bridgehead atoms. The van der Waals surface area contributed by atoms with Crippen LogP contribution in [-0.2, 0) is 9.13 Å². The normalized spacial score (nSPS) is 12.8. The van der Waals surface area contributed by atoms with Crippen LogP contribution in [0.5, 0.6) is 5.75 Å². The van der Waals surface area contributed by atoms with E-state index in [1.807, 2.05) is 0 Å². The van der Waals surface area contributed by atoms with E-state index >= 15 is 0 Å². The first kappa shape index (κ1) is 17.5. The third kappa shape index (κ3) is 4.12. The van der Waals surface area contributed by atoms with Gasteiger partial charge in [-0.25, -0.2) is 0 Å². The highest BCUT2D eigenvalue weighted by Gasteiger charge is 2.44. The average molecular weight is 364 g/mol. The molecule has 0 atom stereocenters. The van der Waals surface area contributed by atoms with Crippen LogP contribution >= 0.6 is 27.0 Å². The van der Waals surface area contributed by atoms with E-state index in [1.54, 1.807) is 36.4 Å². The lowest BCUT2D eigenvalue weighted by atomic mass is 10.1. The van der Waals surface area contributed by atoms with Crippen molar-refractivity contribution in [3.8, 4) is 5.75 Å². The molecule has 10 heteroatoms. The highest BCUT2D eigenvalue weighted by Crippen LogP contribution is 2.65. The SMILES string of the molecule is COc1ccc2cc(SC(P(=O)(O)O)P(=O)(O)O)ccc2c1. The van der Waals surface area contributed by atoms with Gasteiger partial charge in [-0.15, -0.1) is 0 Å². The summed E-state index contributed by atoms with van der Waals surface area (Å²) >= 11 is 0.470. The number of hydrogen-bond acceptors (Lipinski definition) is 4. The van der Waals surface area contributed by atoms with Gasteiger partial charge < -0.3 is 24.3 Å². The Kier molecular flexibility index (Phi) is 5.04. The zero-order valence-corrected chi connectivity index (χ0v) is 14.0. The summed E-state index contributed by atoms with van der Waals surface area (Å²) in [5.41, 5.74) is 0. The molecule has 0 aliphatic heterocycles. The van der Waals surface area contributed by atoms with Crippen LogP contribution in [0.15, 0.2) is 41.3 Å². The molecule has 120 valence electrons. The molecule has 2 aromatic rings. The van der Waals surface area contributed by atoms with E-state index in [1.165, 1.54) is 7.11 Å². The fourth-order valence-electron chi connectivity index (χ4n) is 1.86. The van der Waals surface area contributed by atoms with E-state index in [4.69, 9.17) is 24.3 Å². The van der Waals surface area contributed by atoms with Crippen LogP contribution in [-0.4, -0.2) is 31.4 Å². The molecule has 4 N–H and O–H groups in total. The van der Waals surface area contributed by atoms with Crippen LogP contribution < -0.4 is 4.74 Å². The first-order valence-electron chi connectivity index (χ1n) is 5.96. The van der Waals surface area contributed by atoms with Crippen molar-refractivity contribution in [2.45, 2.75) is 9.63 Å². The molecular formula is C12H14O7P2S. The van der Waals surface area contributed by atoms with Gasteiger partial charge in [0.05, 0.1) is 7.11 Å². The quantitative estimate of drug-likeness (QED) is 0.471.